The smallest absolute Gasteiger partial charge is 0.308 e. The van der Waals surface area contributed by atoms with E-state index in [0.717, 1.165) is 59.4 Å². The van der Waals surface area contributed by atoms with Crippen molar-refractivity contribution in [2.45, 2.75) is 59.3 Å². The molecule has 2 fully saturated rings. The minimum atomic E-state index is -0.445. The SMILES string of the molecule is CC/C=C/C=C\C=C(/C)S.CCOC(=O)C1CCC1.COc1ccc(C(C)c2cc(-c3ncnc4cc(N5CCOCC5)ccc34)c(F)cc2Cl)nn1. The second-order valence-electron chi connectivity index (χ2n) is 12.5. The lowest BCUT2D eigenvalue weighted by Crippen LogP contribution is -2.36. The summed E-state index contributed by atoms with van der Waals surface area (Å²) < 4.78 is 30.5. The number of carbonyl (C=O) groups is 1. The quantitative estimate of drug-likeness (QED) is 0.0963. The maximum atomic E-state index is 15.2. The molecule has 4 aromatic rings. The summed E-state index contributed by atoms with van der Waals surface area (Å²) in [7, 11) is 1.53. The third kappa shape index (κ3) is 12.1. The van der Waals surface area contributed by atoms with Crippen LogP contribution in [0.2, 0.25) is 5.02 Å². The molecule has 0 amide bonds. The molecule has 3 heterocycles. The number of thiol groups is 1. The molecule has 2 aromatic heterocycles. The summed E-state index contributed by atoms with van der Waals surface area (Å²) in [5.41, 5.74) is 4.11. The molecule has 2 aliphatic rings. The zero-order valence-electron chi connectivity index (χ0n) is 31.1. The van der Waals surface area contributed by atoms with E-state index in [9.17, 15) is 4.79 Å². The first-order chi connectivity index (χ1) is 25.7. The number of allylic oxidation sites excluding steroid dienone is 6. The lowest BCUT2D eigenvalue weighted by Gasteiger charge is -2.29. The van der Waals surface area contributed by atoms with Crippen LogP contribution in [-0.2, 0) is 14.3 Å². The number of hydrogen-bond acceptors (Lipinski definition) is 10. The first kappa shape index (κ1) is 41.4. The maximum Gasteiger partial charge on any atom is 0.308 e. The van der Waals surface area contributed by atoms with Crippen LogP contribution in [0.15, 0.2) is 84.1 Å². The van der Waals surface area contributed by atoms with Crippen LogP contribution in [0, 0.1) is 11.7 Å². The van der Waals surface area contributed by atoms with Crippen molar-refractivity contribution >= 4 is 46.8 Å². The highest BCUT2D eigenvalue weighted by Crippen LogP contribution is 2.37. The van der Waals surface area contributed by atoms with Gasteiger partial charge in [-0.3, -0.25) is 4.79 Å². The minimum Gasteiger partial charge on any atom is -0.480 e. The molecular formula is C41H49ClFN5O4S. The second kappa shape index (κ2) is 21.4. The molecule has 6 rings (SSSR count). The number of benzene rings is 2. The minimum absolute atomic E-state index is 0.00347. The Morgan fingerprint density at radius 1 is 1.08 bits per heavy atom. The van der Waals surface area contributed by atoms with Crippen molar-refractivity contribution in [1.29, 1.82) is 0 Å². The fraction of sp³-hybridized carbons (Fsp3) is 0.390. The molecule has 1 unspecified atom stereocenters. The zero-order chi connectivity index (χ0) is 38.2. The Morgan fingerprint density at radius 3 is 2.47 bits per heavy atom. The van der Waals surface area contributed by atoms with Crippen molar-refractivity contribution in [2.24, 2.45) is 5.92 Å². The third-order valence-corrected chi connectivity index (χ3v) is 9.25. The predicted octanol–water partition coefficient (Wildman–Crippen LogP) is 9.57. The number of nitrogens with zero attached hydrogens (tertiary/aromatic N) is 5. The fourth-order valence-electron chi connectivity index (χ4n) is 5.56. The predicted molar refractivity (Wildman–Crippen MR) is 214 cm³/mol. The molecule has 0 bridgehead atoms. The first-order valence-corrected chi connectivity index (χ1v) is 18.8. The molecule has 1 saturated carbocycles. The molecular weight excluding hydrogens is 713 g/mol. The van der Waals surface area contributed by atoms with E-state index in [0.29, 0.717) is 47.7 Å². The summed E-state index contributed by atoms with van der Waals surface area (Å²) in [4.78, 5) is 23.0. The number of halogens is 2. The number of anilines is 1. The highest BCUT2D eigenvalue weighted by atomic mass is 35.5. The van der Waals surface area contributed by atoms with Crippen molar-refractivity contribution in [1.82, 2.24) is 20.2 Å². The van der Waals surface area contributed by atoms with Gasteiger partial charge in [0.05, 0.1) is 49.8 Å². The molecule has 53 heavy (non-hydrogen) atoms. The van der Waals surface area contributed by atoms with Gasteiger partial charge < -0.3 is 19.1 Å². The van der Waals surface area contributed by atoms with Crippen LogP contribution in [0.5, 0.6) is 5.88 Å². The van der Waals surface area contributed by atoms with Crippen LogP contribution in [0.3, 0.4) is 0 Å². The zero-order valence-corrected chi connectivity index (χ0v) is 32.7. The highest BCUT2D eigenvalue weighted by Gasteiger charge is 2.26. The Morgan fingerprint density at radius 2 is 1.85 bits per heavy atom. The van der Waals surface area contributed by atoms with E-state index < -0.39 is 5.82 Å². The van der Waals surface area contributed by atoms with Gasteiger partial charge in [0.2, 0.25) is 5.88 Å². The van der Waals surface area contributed by atoms with E-state index in [2.05, 4.69) is 50.7 Å². The van der Waals surface area contributed by atoms with Crippen molar-refractivity contribution in [3.8, 4) is 17.1 Å². The molecule has 0 N–H and O–H groups in total. The Kier molecular flexibility index (Phi) is 16.7. The maximum absolute atomic E-state index is 15.2. The molecule has 1 aliphatic heterocycles. The summed E-state index contributed by atoms with van der Waals surface area (Å²) in [6.45, 7) is 11.4. The third-order valence-electron chi connectivity index (χ3n) is 8.77. The number of ether oxygens (including phenoxy) is 3. The molecule has 1 saturated heterocycles. The van der Waals surface area contributed by atoms with E-state index in [4.69, 9.17) is 25.8 Å². The van der Waals surface area contributed by atoms with Gasteiger partial charge in [-0.15, -0.1) is 17.7 Å². The Bertz CT molecular complexity index is 1870. The van der Waals surface area contributed by atoms with Gasteiger partial charge in [0.25, 0.3) is 0 Å². The molecule has 12 heteroatoms. The Labute approximate surface area is 322 Å². The Balaban J connectivity index is 0.000000270. The van der Waals surface area contributed by atoms with E-state index in [1.807, 2.05) is 69.3 Å². The van der Waals surface area contributed by atoms with Crippen molar-refractivity contribution < 1.29 is 23.4 Å². The summed E-state index contributed by atoms with van der Waals surface area (Å²) in [6, 6.07) is 12.6. The van der Waals surface area contributed by atoms with Gasteiger partial charge in [0.15, 0.2) is 0 Å². The summed E-state index contributed by atoms with van der Waals surface area (Å²) in [5, 5.41) is 9.35. The molecule has 0 radical (unpaired) electrons. The van der Waals surface area contributed by atoms with Crippen molar-refractivity contribution in [3.05, 3.63) is 106 Å². The van der Waals surface area contributed by atoms with Gasteiger partial charge in [0, 0.05) is 46.7 Å². The molecule has 2 aromatic carbocycles. The summed E-state index contributed by atoms with van der Waals surface area (Å²) in [6.07, 6.45) is 15.9. The van der Waals surface area contributed by atoms with Gasteiger partial charge in [0.1, 0.15) is 12.1 Å². The van der Waals surface area contributed by atoms with Crippen LogP contribution in [-0.4, -0.2) is 66.2 Å². The van der Waals surface area contributed by atoms with E-state index >= 15 is 4.39 Å². The summed E-state index contributed by atoms with van der Waals surface area (Å²) >= 11 is 10.6. The van der Waals surface area contributed by atoms with Gasteiger partial charge in [-0.1, -0.05) is 62.2 Å². The standard InChI is InChI=1S/C25H23ClFN5O2.C9H14S.C7H12O2/c1-15(22-5-6-24(33-2)31-30-22)18-12-19(21(27)13-20(18)26)25-17-4-3-16(11-23(17)28-14-29-25)32-7-9-34-10-8-32;1-3-4-5-6-7-8-9(2)10;1-2-9-7(8)6-4-3-5-6/h3-6,11-15H,7-10H2,1-2H3;4-8,10H,3H2,1-2H3;6H,2-5H2,1H3/b;5-4+,7-6-,9-8+;. The van der Waals surface area contributed by atoms with Crippen LogP contribution in [0.1, 0.15) is 70.6 Å². The lowest BCUT2D eigenvalue weighted by molar-refractivity contribution is -0.150. The van der Waals surface area contributed by atoms with Crippen LogP contribution in [0.4, 0.5) is 10.1 Å². The number of aromatic nitrogens is 4. The highest BCUT2D eigenvalue weighted by molar-refractivity contribution is 7.84. The Hall–Kier alpha value is -4.32. The number of carbonyl (C=O) groups excluding carboxylic acids is 1. The summed E-state index contributed by atoms with van der Waals surface area (Å²) in [5.74, 6) is 0.00440. The molecule has 282 valence electrons. The molecule has 1 atom stereocenters. The van der Waals surface area contributed by atoms with E-state index in [-0.39, 0.29) is 17.8 Å². The number of hydrogen-bond donors (Lipinski definition) is 1. The van der Waals surface area contributed by atoms with Crippen molar-refractivity contribution in [2.75, 3.05) is 44.9 Å². The van der Waals surface area contributed by atoms with Crippen LogP contribution in [0.25, 0.3) is 22.2 Å². The van der Waals surface area contributed by atoms with Gasteiger partial charge in [-0.2, -0.15) is 5.10 Å². The van der Waals surface area contributed by atoms with Gasteiger partial charge in [-0.05, 0) is 80.0 Å². The molecule has 9 nitrogen and oxygen atoms in total. The average Bonchev–Trinajstić information content (AvgIpc) is 3.14. The fourth-order valence-corrected chi connectivity index (χ4v) is 5.96. The topological polar surface area (TPSA) is 99.6 Å². The van der Waals surface area contributed by atoms with Crippen molar-refractivity contribution in [3.63, 3.8) is 0 Å². The number of esters is 1. The number of rotatable bonds is 10. The van der Waals surface area contributed by atoms with E-state index in [1.54, 1.807) is 12.1 Å². The number of fused-ring (bicyclic) bond motifs is 1. The van der Waals surface area contributed by atoms with Crippen LogP contribution < -0.4 is 9.64 Å². The number of morpholine rings is 1. The van der Waals surface area contributed by atoms with E-state index in [1.165, 1.54) is 25.9 Å². The van der Waals surface area contributed by atoms with Gasteiger partial charge >= 0.3 is 5.97 Å². The first-order valence-electron chi connectivity index (χ1n) is 18.0. The second-order valence-corrected chi connectivity index (χ2v) is 13.6. The molecule has 1 aliphatic carbocycles. The van der Waals surface area contributed by atoms with Crippen LogP contribution >= 0.6 is 24.2 Å². The normalized spacial score (nSPS) is 15.3. The molecule has 0 spiro atoms. The number of methoxy groups -OCH3 is 1. The van der Waals surface area contributed by atoms with Gasteiger partial charge in [-0.25, -0.2) is 14.4 Å². The monoisotopic (exact) mass is 761 g/mol. The average molecular weight is 762 g/mol. The largest absolute Gasteiger partial charge is 0.480 e. The lowest BCUT2D eigenvalue weighted by atomic mass is 9.86.